The van der Waals surface area contributed by atoms with Crippen molar-refractivity contribution in [1.29, 1.82) is 0 Å². The minimum Gasteiger partial charge on any atom is -0.493 e. The lowest BCUT2D eigenvalue weighted by Gasteiger charge is -2.11. The molecule has 8 nitrogen and oxygen atoms in total. The van der Waals surface area contributed by atoms with Gasteiger partial charge in [0.05, 0.1) is 31.0 Å². The Labute approximate surface area is 156 Å². The van der Waals surface area contributed by atoms with E-state index in [0.29, 0.717) is 24.0 Å². The van der Waals surface area contributed by atoms with Crippen LogP contribution in [0.15, 0.2) is 48.7 Å². The highest BCUT2D eigenvalue weighted by molar-refractivity contribution is 5.64. The van der Waals surface area contributed by atoms with E-state index in [1.807, 2.05) is 35.9 Å². The van der Waals surface area contributed by atoms with Crippen LogP contribution >= 0.6 is 0 Å². The fraction of sp³-hybridized carbons (Fsp3) is 0.211. The molecular weight excluding hydrogens is 348 g/mol. The van der Waals surface area contributed by atoms with Gasteiger partial charge in [-0.05, 0) is 17.7 Å². The third kappa shape index (κ3) is 3.84. The van der Waals surface area contributed by atoms with Gasteiger partial charge in [0.2, 0.25) is 5.95 Å². The van der Waals surface area contributed by atoms with Gasteiger partial charge in [-0.15, -0.1) is 0 Å². The Hall–Kier alpha value is -3.55. The number of imidazole rings is 1. The number of ether oxygens (including phenoxy) is 2. The van der Waals surface area contributed by atoms with Crippen molar-refractivity contribution in [1.82, 2.24) is 9.55 Å². The van der Waals surface area contributed by atoms with Crippen molar-refractivity contribution < 1.29 is 14.4 Å². The van der Waals surface area contributed by atoms with Crippen LogP contribution < -0.4 is 14.8 Å². The molecule has 0 atom stereocenters. The first kappa shape index (κ1) is 18.2. The smallest absolute Gasteiger partial charge is 0.270 e. The van der Waals surface area contributed by atoms with Gasteiger partial charge in [0.25, 0.3) is 5.69 Å². The fourth-order valence-electron chi connectivity index (χ4n) is 2.79. The van der Waals surface area contributed by atoms with Crippen LogP contribution in [0, 0.1) is 10.1 Å². The zero-order valence-electron chi connectivity index (χ0n) is 15.3. The monoisotopic (exact) mass is 368 g/mol. The molecule has 8 heteroatoms. The van der Waals surface area contributed by atoms with Gasteiger partial charge in [-0.1, -0.05) is 18.2 Å². The Bertz CT molecular complexity index is 968. The number of non-ortho nitro benzene ring substituents is 1. The highest BCUT2D eigenvalue weighted by atomic mass is 16.6. The molecule has 0 spiro atoms. The Morgan fingerprint density at radius 3 is 2.63 bits per heavy atom. The van der Waals surface area contributed by atoms with Crippen molar-refractivity contribution in [2.24, 2.45) is 7.05 Å². The maximum atomic E-state index is 11.0. The van der Waals surface area contributed by atoms with Gasteiger partial charge in [0, 0.05) is 31.3 Å². The number of nitrogens with one attached hydrogen (secondary N) is 1. The maximum Gasteiger partial charge on any atom is 0.270 e. The highest BCUT2D eigenvalue weighted by Gasteiger charge is 2.12. The zero-order valence-corrected chi connectivity index (χ0v) is 15.3. The molecule has 0 fully saturated rings. The lowest BCUT2D eigenvalue weighted by Crippen LogP contribution is -2.06. The second kappa shape index (κ2) is 7.77. The Morgan fingerprint density at radius 2 is 1.93 bits per heavy atom. The van der Waals surface area contributed by atoms with E-state index in [-0.39, 0.29) is 5.69 Å². The third-order valence-corrected chi connectivity index (χ3v) is 4.24. The highest BCUT2D eigenvalue weighted by Crippen LogP contribution is 2.28. The van der Waals surface area contributed by atoms with Gasteiger partial charge in [0.1, 0.15) is 0 Å². The summed E-state index contributed by atoms with van der Waals surface area (Å²) in [5.74, 6) is 1.99. The molecule has 3 aromatic rings. The number of aromatic nitrogens is 2. The van der Waals surface area contributed by atoms with Gasteiger partial charge >= 0.3 is 0 Å². The summed E-state index contributed by atoms with van der Waals surface area (Å²) in [6, 6.07) is 12.2. The summed E-state index contributed by atoms with van der Waals surface area (Å²) in [4.78, 5) is 15.0. The summed E-state index contributed by atoms with van der Waals surface area (Å²) in [5, 5.41) is 14.3. The predicted octanol–water partition coefficient (Wildman–Crippen LogP) is 3.62. The molecule has 2 aromatic carbocycles. The number of nitrogens with zero attached hydrogens (tertiary/aromatic N) is 3. The second-order valence-corrected chi connectivity index (χ2v) is 5.88. The number of nitro groups is 1. The molecule has 0 aliphatic rings. The minimum absolute atomic E-state index is 0.0496. The zero-order chi connectivity index (χ0) is 19.4. The van der Waals surface area contributed by atoms with Crippen molar-refractivity contribution in [3.05, 3.63) is 64.3 Å². The first-order chi connectivity index (χ1) is 13.0. The van der Waals surface area contributed by atoms with Crippen LogP contribution in [0.3, 0.4) is 0 Å². The summed E-state index contributed by atoms with van der Waals surface area (Å²) in [6.07, 6.45) is 1.69. The normalized spacial score (nSPS) is 10.5. The predicted molar refractivity (Wildman–Crippen MR) is 102 cm³/mol. The molecule has 3 rings (SSSR count). The van der Waals surface area contributed by atoms with Crippen molar-refractivity contribution in [3.8, 4) is 22.8 Å². The quantitative estimate of drug-likeness (QED) is 0.506. The first-order valence-electron chi connectivity index (χ1n) is 8.24. The maximum absolute atomic E-state index is 11.0. The average Bonchev–Trinajstić information content (AvgIpc) is 3.06. The van der Waals surface area contributed by atoms with Gasteiger partial charge in [-0.25, -0.2) is 4.98 Å². The molecular formula is C19H20N4O4. The Kier molecular flexibility index (Phi) is 5.25. The van der Waals surface area contributed by atoms with Crippen molar-refractivity contribution in [2.75, 3.05) is 19.5 Å². The number of nitro benzene ring substituents is 1. The van der Waals surface area contributed by atoms with E-state index in [9.17, 15) is 10.1 Å². The molecule has 0 amide bonds. The summed E-state index contributed by atoms with van der Waals surface area (Å²) in [5.41, 5.74) is 2.58. The lowest BCUT2D eigenvalue weighted by atomic mass is 10.1. The molecule has 0 aliphatic heterocycles. The van der Waals surface area contributed by atoms with Crippen LogP contribution in [-0.4, -0.2) is 28.7 Å². The summed E-state index contributed by atoms with van der Waals surface area (Å²) in [6.45, 7) is 0.541. The van der Waals surface area contributed by atoms with Crippen molar-refractivity contribution >= 4 is 11.6 Å². The van der Waals surface area contributed by atoms with Crippen LogP contribution in [0.5, 0.6) is 11.5 Å². The molecule has 0 saturated carbocycles. The largest absolute Gasteiger partial charge is 0.493 e. The van der Waals surface area contributed by atoms with Gasteiger partial charge in [-0.3, -0.25) is 10.1 Å². The molecule has 0 saturated heterocycles. The van der Waals surface area contributed by atoms with Crippen LogP contribution in [0.1, 0.15) is 5.56 Å². The molecule has 27 heavy (non-hydrogen) atoms. The summed E-state index contributed by atoms with van der Waals surface area (Å²) >= 11 is 0. The average molecular weight is 368 g/mol. The lowest BCUT2D eigenvalue weighted by molar-refractivity contribution is -0.384. The third-order valence-electron chi connectivity index (χ3n) is 4.24. The van der Waals surface area contributed by atoms with E-state index in [1.54, 1.807) is 26.5 Å². The van der Waals surface area contributed by atoms with Crippen LogP contribution in [0.25, 0.3) is 11.3 Å². The van der Waals surface area contributed by atoms with E-state index >= 15 is 0 Å². The molecule has 1 heterocycles. The molecule has 0 aliphatic carbocycles. The van der Waals surface area contributed by atoms with Gasteiger partial charge < -0.3 is 19.4 Å². The van der Waals surface area contributed by atoms with E-state index < -0.39 is 4.92 Å². The van der Waals surface area contributed by atoms with Crippen molar-refractivity contribution in [3.63, 3.8) is 0 Å². The van der Waals surface area contributed by atoms with E-state index in [2.05, 4.69) is 10.3 Å². The molecule has 140 valence electrons. The minimum atomic E-state index is -0.407. The van der Waals surface area contributed by atoms with Crippen LogP contribution in [0.2, 0.25) is 0 Å². The van der Waals surface area contributed by atoms with Crippen LogP contribution in [-0.2, 0) is 13.6 Å². The number of rotatable bonds is 7. The molecule has 0 unspecified atom stereocenters. The fourth-order valence-corrected chi connectivity index (χ4v) is 2.79. The second-order valence-electron chi connectivity index (χ2n) is 5.88. The molecule has 1 aromatic heterocycles. The van der Waals surface area contributed by atoms with Crippen LogP contribution in [0.4, 0.5) is 11.6 Å². The number of hydrogen-bond donors (Lipinski definition) is 1. The van der Waals surface area contributed by atoms with E-state index in [0.717, 1.165) is 16.8 Å². The SMILES string of the molecule is COc1ccc(CNc2ncc(-c3cccc([N+](=O)[O-])c3)n2C)cc1OC. The first-order valence-corrected chi connectivity index (χ1v) is 8.24. The Balaban J connectivity index is 1.78. The standard InChI is InChI=1S/C19H20N4O4/c1-22-16(14-5-4-6-15(10-14)23(24)25)12-21-19(22)20-11-13-7-8-17(26-2)18(9-13)27-3/h4-10,12H,11H2,1-3H3,(H,20,21). The number of methoxy groups -OCH3 is 2. The van der Waals surface area contributed by atoms with E-state index in [1.165, 1.54) is 12.1 Å². The number of hydrogen-bond acceptors (Lipinski definition) is 6. The Morgan fingerprint density at radius 1 is 1.15 bits per heavy atom. The molecule has 0 radical (unpaired) electrons. The van der Waals surface area contributed by atoms with Crippen molar-refractivity contribution in [2.45, 2.75) is 6.54 Å². The number of benzene rings is 2. The summed E-state index contributed by atoms with van der Waals surface area (Å²) < 4.78 is 12.4. The molecule has 1 N–H and O–H groups in total. The number of anilines is 1. The van der Waals surface area contributed by atoms with Gasteiger partial charge in [0.15, 0.2) is 11.5 Å². The summed E-state index contributed by atoms with van der Waals surface area (Å²) in [7, 11) is 5.05. The topological polar surface area (TPSA) is 91.5 Å². The van der Waals surface area contributed by atoms with Gasteiger partial charge in [-0.2, -0.15) is 0 Å². The van der Waals surface area contributed by atoms with E-state index in [4.69, 9.17) is 9.47 Å². The molecule has 0 bridgehead atoms.